The summed E-state index contributed by atoms with van der Waals surface area (Å²) in [4.78, 5) is 31.3. The van der Waals surface area contributed by atoms with Gasteiger partial charge in [-0.3, -0.25) is 9.59 Å². The number of fused-ring (bicyclic) bond motifs is 1. The summed E-state index contributed by atoms with van der Waals surface area (Å²) in [6, 6.07) is 17.4. The van der Waals surface area contributed by atoms with Crippen molar-refractivity contribution in [3.05, 3.63) is 97.5 Å². The summed E-state index contributed by atoms with van der Waals surface area (Å²) < 4.78 is 0. The van der Waals surface area contributed by atoms with Crippen LogP contribution in [0.1, 0.15) is 31.9 Å². The van der Waals surface area contributed by atoms with Crippen molar-refractivity contribution >= 4 is 33.8 Å². The van der Waals surface area contributed by atoms with Crippen LogP contribution >= 0.6 is 11.3 Å². The molecule has 0 fully saturated rings. The quantitative estimate of drug-likeness (QED) is 0.499. The van der Waals surface area contributed by atoms with Gasteiger partial charge in [-0.15, -0.1) is 11.3 Å². The van der Waals surface area contributed by atoms with Gasteiger partial charge in [0.25, 0.3) is 11.5 Å². The molecule has 0 aliphatic heterocycles. The third-order valence-electron chi connectivity index (χ3n) is 5.18. The van der Waals surface area contributed by atoms with Crippen LogP contribution in [0.5, 0.6) is 0 Å². The molecule has 0 bridgehead atoms. The Bertz CT molecular complexity index is 1260. The molecule has 1 N–H and O–H groups in total. The first-order valence-electron chi connectivity index (χ1n) is 9.47. The predicted octanol–water partition coefficient (Wildman–Crippen LogP) is 5.36. The van der Waals surface area contributed by atoms with Crippen LogP contribution in [0.4, 0.5) is 5.69 Å². The van der Waals surface area contributed by atoms with E-state index in [0.29, 0.717) is 10.4 Å². The highest BCUT2D eigenvalue weighted by Gasteiger charge is 2.21. The van der Waals surface area contributed by atoms with Crippen molar-refractivity contribution < 1.29 is 4.79 Å². The molecule has 4 nitrogen and oxygen atoms in total. The lowest BCUT2D eigenvalue weighted by Gasteiger charge is -2.23. The number of pyridine rings is 1. The second-order valence-electron chi connectivity index (χ2n) is 7.35. The van der Waals surface area contributed by atoms with Gasteiger partial charge in [0.15, 0.2) is 0 Å². The third-order valence-corrected chi connectivity index (χ3v) is 6.04. The number of thiophene rings is 1. The van der Waals surface area contributed by atoms with Crippen molar-refractivity contribution in [2.75, 3.05) is 4.90 Å². The van der Waals surface area contributed by atoms with E-state index in [2.05, 4.69) is 4.98 Å². The van der Waals surface area contributed by atoms with E-state index in [4.69, 9.17) is 0 Å². The summed E-state index contributed by atoms with van der Waals surface area (Å²) in [5.74, 6) is -0.105. The number of carbonyl (C=O) groups excluding carboxylic acids is 1. The Hall–Kier alpha value is -3.18. The van der Waals surface area contributed by atoms with E-state index in [1.54, 1.807) is 4.90 Å². The van der Waals surface area contributed by atoms with Crippen molar-refractivity contribution in [2.45, 2.75) is 27.3 Å². The van der Waals surface area contributed by atoms with Crippen LogP contribution in [-0.2, 0) is 6.54 Å². The number of nitrogens with one attached hydrogen (secondary N) is 1. The first kappa shape index (κ1) is 19.2. The molecule has 2 aromatic heterocycles. The maximum absolute atomic E-state index is 13.3. The smallest absolute Gasteiger partial charge is 0.268 e. The summed E-state index contributed by atoms with van der Waals surface area (Å²) in [6.45, 7) is 6.30. The van der Waals surface area contributed by atoms with Gasteiger partial charge in [-0.25, -0.2) is 0 Å². The normalized spacial score (nSPS) is 11.0. The van der Waals surface area contributed by atoms with Gasteiger partial charge in [-0.1, -0.05) is 23.8 Å². The topological polar surface area (TPSA) is 53.2 Å². The summed E-state index contributed by atoms with van der Waals surface area (Å²) in [5, 5.41) is 2.85. The van der Waals surface area contributed by atoms with Crippen molar-refractivity contribution in [3.63, 3.8) is 0 Å². The minimum atomic E-state index is -0.172. The zero-order valence-electron chi connectivity index (χ0n) is 16.7. The fourth-order valence-corrected chi connectivity index (χ4v) is 4.04. The van der Waals surface area contributed by atoms with E-state index in [1.807, 2.05) is 80.7 Å². The standard InChI is InChI=1S/C24H22N2O2S/c1-15-6-9-21-18(11-15)13-19(23(27)25-21)14-26(24(28)22-5-4-10-29-22)20-8-7-16(2)17(3)12-20/h4-13H,14H2,1-3H3,(H,25,27). The van der Waals surface area contributed by atoms with Crippen molar-refractivity contribution in [1.82, 2.24) is 4.98 Å². The van der Waals surface area contributed by atoms with Crippen LogP contribution in [0.2, 0.25) is 0 Å². The van der Waals surface area contributed by atoms with Gasteiger partial charge in [0.1, 0.15) is 0 Å². The van der Waals surface area contributed by atoms with Crippen LogP contribution in [0, 0.1) is 20.8 Å². The number of nitrogens with zero attached hydrogens (tertiary/aromatic N) is 1. The molecule has 0 saturated carbocycles. The highest BCUT2D eigenvalue weighted by molar-refractivity contribution is 7.12. The Morgan fingerprint density at radius 3 is 2.55 bits per heavy atom. The van der Waals surface area contributed by atoms with E-state index in [0.717, 1.165) is 33.3 Å². The number of carbonyl (C=O) groups is 1. The summed E-state index contributed by atoms with van der Waals surface area (Å²) >= 11 is 1.40. The number of hydrogen-bond acceptors (Lipinski definition) is 3. The fraction of sp³-hybridized carbons (Fsp3) is 0.167. The highest BCUT2D eigenvalue weighted by atomic mass is 32.1. The third kappa shape index (κ3) is 3.87. The molecule has 0 saturated heterocycles. The zero-order valence-corrected chi connectivity index (χ0v) is 17.5. The van der Waals surface area contributed by atoms with E-state index in [-0.39, 0.29) is 18.0 Å². The Kier molecular flexibility index (Phi) is 5.07. The van der Waals surface area contributed by atoms with Gasteiger partial charge >= 0.3 is 0 Å². The maximum Gasteiger partial charge on any atom is 0.268 e. The van der Waals surface area contributed by atoms with Crippen LogP contribution < -0.4 is 10.5 Å². The number of H-pyrrole nitrogens is 1. The Balaban J connectivity index is 1.80. The largest absolute Gasteiger partial charge is 0.322 e. The molecule has 146 valence electrons. The molecule has 0 radical (unpaired) electrons. The predicted molar refractivity (Wildman–Crippen MR) is 120 cm³/mol. The molecule has 5 heteroatoms. The number of benzene rings is 2. The SMILES string of the molecule is Cc1ccc2[nH]c(=O)c(CN(C(=O)c3cccs3)c3ccc(C)c(C)c3)cc2c1. The van der Waals surface area contributed by atoms with Gasteiger partial charge in [0.2, 0.25) is 0 Å². The molecular formula is C24H22N2O2S. The zero-order chi connectivity index (χ0) is 20.5. The number of aromatic amines is 1. The number of amides is 1. The van der Waals surface area contributed by atoms with Crippen molar-refractivity contribution in [3.8, 4) is 0 Å². The second kappa shape index (κ2) is 7.68. The van der Waals surface area contributed by atoms with Crippen LogP contribution in [-0.4, -0.2) is 10.9 Å². The molecule has 2 aromatic carbocycles. The first-order chi connectivity index (χ1) is 13.9. The highest BCUT2D eigenvalue weighted by Crippen LogP contribution is 2.25. The van der Waals surface area contributed by atoms with Gasteiger partial charge in [0.05, 0.1) is 11.4 Å². The van der Waals surface area contributed by atoms with E-state index < -0.39 is 0 Å². The molecule has 1 amide bonds. The first-order valence-corrected chi connectivity index (χ1v) is 10.4. The molecule has 4 rings (SSSR count). The molecular weight excluding hydrogens is 380 g/mol. The van der Waals surface area contributed by atoms with E-state index in [9.17, 15) is 9.59 Å². The number of aryl methyl sites for hydroxylation is 3. The lowest BCUT2D eigenvalue weighted by molar-refractivity contribution is 0.0989. The Morgan fingerprint density at radius 2 is 1.83 bits per heavy atom. The Labute approximate surface area is 173 Å². The summed E-state index contributed by atoms with van der Waals surface area (Å²) in [7, 11) is 0. The minimum Gasteiger partial charge on any atom is -0.322 e. The molecule has 0 aliphatic rings. The van der Waals surface area contributed by atoms with Crippen LogP contribution in [0.3, 0.4) is 0 Å². The van der Waals surface area contributed by atoms with E-state index in [1.165, 1.54) is 11.3 Å². The van der Waals surface area contributed by atoms with Gasteiger partial charge in [-0.05, 0) is 79.1 Å². The Morgan fingerprint density at radius 1 is 1.00 bits per heavy atom. The number of hydrogen-bond donors (Lipinski definition) is 1. The van der Waals surface area contributed by atoms with Crippen molar-refractivity contribution in [2.24, 2.45) is 0 Å². The fourth-order valence-electron chi connectivity index (χ4n) is 3.37. The molecule has 4 aromatic rings. The molecule has 0 aliphatic carbocycles. The van der Waals surface area contributed by atoms with Crippen molar-refractivity contribution in [1.29, 1.82) is 0 Å². The summed E-state index contributed by atoms with van der Waals surface area (Å²) in [5.41, 5.74) is 5.37. The lowest BCUT2D eigenvalue weighted by atomic mass is 10.1. The second-order valence-corrected chi connectivity index (χ2v) is 8.30. The van der Waals surface area contributed by atoms with Gasteiger partial charge in [0, 0.05) is 16.8 Å². The minimum absolute atomic E-state index is 0.105. The average Bonchev–Trinajstić information content (AvgIpc) is 3.23. The van der Waals surface area contributed by atoms with E-state index >= 15 is 0 Å². The number of rotatable bonds is 4. The molecule has 29 heavy (non-hydrogen) atoms. The maximum atomic E-state index is 13.3. The monoisotopic (exact) mass is 402 g/mol. The molecule has 0 unspecified atom stereocenters. The van der Waals surface area contributed by atoms with Gasteiger partial charge in [-0.2, -0.15) is 0 Å². The molecule has 0 atom stereocenters. The average molecular weight is 403 g/mol. The van der Waals surface area contributed by atoms with Crippen LogP contribution in [0.15, 0.2) is 64.8 Å². The lowest BCUT2D eigenvalue weighted by Crippen LogP contribution is -2.32. The number of anilines is 1. The number of aromatic nitrogens is 1. The molecule has 0 spiro atoms. The van der Waals surface area contributed by atoms with Gasteiger partial charge < -0.3 is 9.88 Å². The molecule has 2 heterocycles. The van der Waals surface area contributed by atoms with Crippen LogP contribution in [0.25, 0.3) is 10.9 Å². The summed E-state index contributed by atoms with van der Waals surface area (Å²) in [6.07, 6.45) is 0.